The van der Waals surface area contributed by atoms with Crippen molar-refractivity contribution in [2.24, 2.45) is 5.92 Å². The smallest absolute Gasteiger partial charge is 0.324 e. The fraction of sp³-hybridized carbons (Fsp3) is 0.526. The van der Waals surface area contributed by atoms with E-state index in [4.69, 9.17) is 9.26 Å². The second-order valence-electron chi connectivity index (χ2n) is 6.56. The number of piperidine rings is 1. The number of hydrogen-bond acceptors (Lipinski definition) is 6. The van der Waals surface area contributed by atoms with Crippen molar-refractivity contribution >= 4 is 11.9 Å². The number of benzene rings is 1. The second kappa shape index (κ2) is 8.69. The summed E-state index contributed by atoms with van der Waals surface area (Å²) in [6.45, 7) is 4.30. The fourth-order valence-corrected chi connectivity index (χ4v) is 3.10. The zero-order valence-corrected chi connectivity index (χ0v) is 15.4. The number of nitrogens with one attached hydrogen (secondary N) is 1. The molecule has 0 aliphatic carbocycles. The Morgan fingerprint density at radius 2 is 2.19 bits per heavy atom. The predicted octanol–water partition coefficient (Wildman–Crippen LogP) is 2.88. The van der Waals surface area contributed by atoms with Gasteiger partial charge in [-0.3, -0.25) is 4.79 Å². The molecule has 3 rings (SSSR count). The van der Waals surface area contributed by atoms with Gasteiger partial charge < -0.3 is 19.5 Å². The average Bonchev–Trinajstić information content (AvgIpc) is 3.18. The van der Waals surface area contributed by atoms with Crippen LogP contribution in [0.15, 0.2) is 28.8 Å². The monoisotopic (exact) mass is 358 g/mol. The molecule has 7 nitrogen and oxygen atoms in total. The lowest BCUT2D eigenvalue weighted by Crippen LogP contribution is -2.43. The Balaban J connectivity index is 1.63. The first kappa shape index (κ1) is 18.2. The van der Waals surface area contributed by atoms with Gasteiger partial charge in [-0.25, -0.2) is 0 Å². The van der Waals surface area contributed by atoms with Gasteiger partial charge in [0.25, 0.3) is 0 Å². The lowest BCUT2D eigenvalue weighted by Gasteiger charge is -2.30. The van der Waals surface area contributed by atoms with Crippen molar-refractivity contribution in [3.63, 3.8) is 0 Å². The van der Waals surface area contributed by atoms with Crippen LogP contribution in [0, 0.1) is 5.92 Å². The van der Waals surface area contributed by atoms with Crippen LogP contribution in [0.4, 0.5) is 6.01 Å². The maximum absolute atomic E-state index is 12.3. The quantitative estimate of drug-likeness (QED) is 0.767. The Bertz CT molecular complexity index is 714. The lowest BCUT2D eigenvalue weighted by molar-refractivity contribution is -0.125. The standard InChI is InChI=1S/C19H26N4O3/c1-3-4-11-20-18(24)15-6-5-12-23(13-15)19-21-17(22-26-19)14-7-9-16(25-2)10-8-14/h7-10,15H,3-6,11-13H2,1-2H3,(H,20,24). The number of hydrogen-bond donors (Lipinski definition) is 1. The molecule has 1 aromatic heterocycles. The molecule has 140 valence electrons. The van der Waals surface area contributed by atoms with Gasteiger partial charge in [0.2, 0.25) is 11.7 Å². The number of nitrogens with zero attached hydrogens (tertiary/aromatic N) is 3. The first-order chi connectivity index (χ1) is 12.7. The summed E-state index contributed by atoms with van der Waals surface area (Å²) in [6.07, 6.45) is 3.92. The van der Waals surface area contributed by atoms with E-state index in [-0.39, 0.29) is 11.8 Å². The summed E-state index contributed by atoms with van der Waals surface area (Å²) in [5, 5.41) is 7.10. The van der Waals surface area contributed by atoms with Crippen LogP contribution in [0.1, 0.15) is 32.6 Å². The SMILES string of the molecule is CCCCNC(=O)C1CCCN(c2nc(-c3ccc(OC)cc3)no2)C1. The number of unbranched alkanes of at least 4 members (excludes halogenated alkanes) is 1. The summed E-state index contributed by atoms with van der Waals surface area (Å²) in [6, 6.07) is 7.99. The zero-order chi connectivity index (χ0) is 18.4. The first-order valence-electron chi connectivity index (χ1n) is 9.22. The second-order valence-corrected chi connectivity index (χ2v) is 6.56. The summed E-state index contributed by atoms with van der Waals surface area (Å²) in [7, 11) is 1.63. The zero-order valence-electron chi connectivity index (χ0n) is 15.4. The molecule has 2 heterocycles. The molecule has 0 saturated carbocycles. The van der Waals surface area contributed by atoms with Crippen molar-refractivity contribution in [3.8, 4) is 17.1 Å². The summed E-state index contributed by atoms with van der Waals surface area (Å²) in [5.41, 5.74) is 0.867. The van der Waals surface area contributed by atoms with Crippen molar-refractivity contribution in [2.75, 3.05) is 31.6 Å². The third kappa shape index (κ3) is 4.33. The van der Waals surface area contributed by atoms with Crippen LogP contribution in [-0.4, -0.2) is 42.8 Å². The Kier molecular flexibility index (Phi) is 6.09. The van der Waals surface area contributed by atoms with Crippen molar-refractivity contribution in [1.82, 2.24) is 15.5 Å². The highest BCUT2D eigenvalue weighted by atomic mass is 16.5. The fourth-order valence-electron chi connectivity index (χ4n) is 3.10. The van der Waals surface area contributed by atoms with Gasteiger partial charge in [-0.2, -0.15) is 4.98 Å². The molecule has 2 aromatic rings. The maximum atomic E-state index is 12.3. The molecule has 1 fully saturated rings. The van der Waals surface area contributed by atoms with E-state index in [0.29, 0.717) is 18.4 Å². The van der Waals surface area contributed by atoms with Gasteiger partial charge >= 0.3 is 6.01 Å². The molecule has 1 amide bonds. The van der Waals surface area contributed by atoms with E-state index in [2.05, 4.69) is 22.4 Å². The number of amides is 1. The van der Waals surface area contributed by atoms with Gasteiger partial charge in [0, 0.05) is 25.2 Å². The van der Waals surface area contributed by atoms with E-state index in [9.17, 15) is 4.79 Å². The molecule has 1 saturated heterocycles. The lowest BCUT2D eigenvalue weighted by atomic mass is 9.97. The minimum absolute atomic E-state index is 0.0306. The normalized spacial score (nSPS) is 17.2. The third-order valence-electron chi connectivity index (χ3n) is 4.66. The molecule has 26 heavy (non-hydrogen) atoms. The third-order valence-corrected chi connectivity index (χ3v) is 4.66. The van der Waals surface area contributed by atoms with Crippen molar-refractivity contribution in [2.45, 2.75) is 32.6 Å². The molecule has 1 aliphatic rings. The molecule has 1 aromatic carbocycles. The molecular formula is C19H26N4O3. The number of methoxy groups -OCH3 is 1. The number of aromatic nitrogens is 2. The molecule has 1 unspecified atom stereocenters. The van der Waals surface area contributed by atoms with E-state index in [0.717, 1.165) is 50.1 Å². The minimum Gasteiger partial charge on any atom is -0.497 e. The number of ether oxygens (including phenoxy) is 1. The van der Waals surface area contributed by atoms with Gasteiger partial charge in [-0.1, -0.05) is 18.5 Å². The minimum atomic E-state index is -0.0306. The highest BCUT2D eigenvalue weighted by Gasteiger charge is 2.28. The van der Waals surface area contributed by atoms with E-state index in [1.165, 1.54) is 0 Å². The Morgan fingerprint density at radius 3 is 2.92 bits per heavy atom. The first-order valence-corrected chi connectivity index (χ1v) is 9.22. The van der Waals surface area contributed by atoms with Gasteiger partial charge in [-0.15, -0.1) is 0 Å². The Hall–Kier alpha value is -2.57. The molecular weight excluding hydrogens is 332 g/mol. The number of anilines is 1. The van der Waals surface area contributed by atoms with E-state index in [1.807, 2.05) is 29.2 Å². The van der Waals surface area contributed by atoms with Gasteiger partial charge in [0.1, 0.15) is 5.75 Å². The Morgan fingerprint density at radius 1 is 1.38 bits per heavy atom. The van der Waals surface area contributed by atoms with E-state index in [1.54, 1.807) is 7.11 Å². The summed E-state index contributed by atoms with van der Waals surface area (Å²) >= 11 is 0. The molecule has 1 N–H and O–H groups in total. The predicted molar refractivity (Wildman–Crippen MR) is 99.1 cm³/mol. The summed E-state index contributed by atoms with van der Waals surface area (Å²) < 4.78 is 10.6. The van der Waals surface area contributed by atoms with Crippen LogP contribution in [-0.2, 0) is 4.79 Å². The van der Waals surface area contributed by atoms with Crippen LogP contribution >= 0.6 is 0 Å². The summed E-state index contributed by atoms with van der Waals surface area (Å²) in [4.78, 5) is 18.8. The maximum Gasteiger partial charge on any atom is 0.324 e. The largest absolute Gasteiger partial charge is 0.497 e. The van der Waals surface area contributed by atoms with Crippen LogP contribution in [0.2, 0.25) is 0 Å². The highest BCUT2D eigenvalue weighted by Crippen LogP contribution is 2.25. The molecule has 0 bridgehead atoms. The van der Waals surface area contributed by atoms with Crippen LogP contribution in [0.5, 0.6) is 5.75 Å². The van der Waals surface area contributed by atoms with Gasteiger partial charge in [0.15, 0.2) is 0 Å². The van der Waals surface area contributed by atoms with Crippen LogP contribution in [0.25, 0.3) is 11.4 Å². The van der Waals surface area contributed by atoms with Gasteiger partial charge in [-0.05, 0) is 43.5 Å². The van der Waals surface area contributed by atoms with E-state index >= 15 is 0 Å². The van der Waals surface area contributed by atoms with Crippen LogP contribution < -0.4 is 15.0 Å². The molecule has 1 atom stereocenters. The van der Waals surface area contributed by atoms with E-state index < -0.39 is 0 Å². The average molecular weight is 358 g/mol. The number of carbonyl (C=O) groups is 1. The van der Waals surface area contributed by atoms with Crippen molar-refractivity contribution in [1.29, 1.82) is 0 Å². The Labute approximate surface area is 153 Å². The van der Waals surface area contributed by atoms with Gasteiger partial charge in [0.05, 0.1) is 13.0 Å². The highest BCUT2D eigenvalue weighted by molar-refractivity contribution is 5.79. The molecule has 0 radical (unpaired) electrons. The van der Waals surface area contributed by atoms with Crippen molar-refractivity contribution in [3.05, 3.63) is 24.3 Å². The molecule has 7 heteroatoms. The summed E-state index contributed by atoms with van der Waals surface area (Å²) in [5.74, 6) is 1.41. The molecule has 0 spiro atoms. The van der Waals surface area contributed by atoms with Crippen molar-refractivity contribution < 1.29 is 14.1 Å². The number of carbonyl (C=O) groups excluding carboxylic acids is 1. The molecule has 1 aliphatic heterocycles. The topological polar surface area (TPSA) is 80.5 Å². The van der Waals surface area contributed by atoms with Crippen LogP contribution in [0.3, 0.4) is 0 Å². The number of rotatable bonds is 7.